The fourth-order valence-electron chi connectivity index (χ4n) is 1.84. The SMILES string of the molecule is O=C(O)c1ccc(OC(O)COc2ccccc2)cc1C(=O)O. The van der Waals surface area contributed by atoms with E-state index >= 15 is 0 Å². The van der Waals surface area contributed by atoms with E-state index in [0.717, 1.165) is 12.1 Å². The first-order chi connectivity index (χ1) is 11.0. The normalized spacial score (nSPS) is 11.5. The molecule has 0 spiro atoms. The van der Waals surface area contributed by atoms with Gasteiger partial charge in [-0.25, -0.2) is 9.59 Å². The Morgan fingerprint density at radius 2 is 1.57 bits per heavy atom. The quantitative estimate of drug-likeness (QED) is 0.668. The van der Waals surface area contributed by atoms with E-state index in [9.17, 15) is 14.7 Å². The molecule has 0 amide bonds. The summed E-state index contributed by atoms with van der Waals surface area (Å²) in [5, 5.41) is 27.7. The monoisotopic (exact) mass is 318 g/mol. The second-order valence-electron chi connectivity index (χ2n) is 4.51. The molecular formula is C16H14O7. The highest BCUT2D eigenvalue weighted by molar-refractivity contribution is 6.01. The van der Waals surface area contributed by atoms with Gasteiger partial charge in [0.2, 0.25) is 6.29 Å². The second kappa shape index (κ2) is 7.28. The van der Waals surface area contributed by atoms with Crippen LogP contribution in [-0.4, -0.2) is 40.2 Å². The van der Waals surface area contributed by atoms with Crippen LogP contribution in [0.4, 0.5) is 0 Å². The smallest absolute Gasteiger partial charge is 0.336 e. The maximum Gasteiger partial charge on any atom is 0.336 e. The molecule has 0 radical (unpaired) electrons. The highest BCUT2D eigenvalue weighted by atomic mass is 16.6. The average Bonchev–Trinajstić information content (AvgIpc) is 2.53. The van der Waals surface area contributed by atoms with Crippen LogP contribution in [0, 0.1) is 0 Å². The van der Waals surface area contributed by atoms with E-state index in [2.05, 4.69) is 0 Å². The van der Waals surface area contributed by atoms with Crippen LogP contribution in [0.1, 0.15) is 20.7 Å². The van der Waals surface area contributed by atoms with Crippen LogP contribution in [0.25, 0.3) is 0 Å². The number of carboxylic acids is 2. The highest BCUT2D eigenvalue weighted by Crippen LogP contribution is 2.19. The number of rotatable bonds is 7. The number of carboxylic acid groups (broad SMARTS) is 2. The predicted octanol–water partition coefficient (Wildman–Crippen LogP) is 1.86. The van der Waals surface area contributed by atoms with Crippen molar-refractivity contribution < 1.29 is 34.4 Å². The van der Waals surface area contributed by atoms with Crippen molar-refractivity contribution in [3.8, 4) is 11.5 Å². The largest absolute Gasteiger partial charge is 0.487 e. The lowest BCUT2D eigenvalue weighted by molar-refractivity contribution is -0.0479. The first kappa shape index (κ1) is 16.3. The van der Waals surface area contributed by atoms with Gasteiger partial charge in [-0.1, -0.05) is 18.2 Å². The van der Waals surface area contributed by atoms with Crippen molar-refractivity contribution >= 4 is 11.9 Å². The molecule has 0 aliphatic rings. The van der Waals surface area contributed by atoms with Gasteiger partial charge in [-0.2, -0.15) is 0 Å². The molecule has 120 valence electrons. The van der Waals surface area contributed by atoms with Gasteiger partial charge in [-0.15, -0.1) is 0 Å². The number of ether oxygens (including phenoxy) is 2. The van der Waals surface area contributed by atoms with Crippen molar-refractivity contribution in [1.29, 1.82) is 0 Å². The molecule has 2 aromatic carbocycles. The molecule has 0 bridgehead atoms. The number of benzene rings is 2. The van der Waals surface area contributed by atoms with Crippen molar-refractivity contribution in [2.75, 3.05) is 6.61 Å². The van der Waals surface area contributed by atoms with E-state index < -0.39 is 23.8 Å². The number of aliphatic hydroxyl groups is 1. The first-order valence-electron chi connectivity index (χ1n) is 6.60. The molecule has 2 rings (SSSR count). The van der Waals surface area contributed by atoms with Crippen molar-refractivity contribution in [3.63, 3.8) is 0 Å². The standard InChI is InChI=1S/C16H14O7/c17-14(9-22-10-4-2-1-3-5-10)23-11-6-7-12(15(18)19)13(8-11)16(20)21/h1-8,14,17H,9H2,(H,18,19)(H,20,21). The molecule has 1 unspecified atom stereocenters. The van der Waals surface area contributed by atoms with Crippen LogP contribution in [-0.2, 0) is 0 Å². The number of carbonyl (C=O) groups is 2. The van der Waals surface area contributed by atoms with E-state index in [-0.39, 0.29) is 17.9 Å². The summed E-state index contributed by atoms with van der Waals surface area (Å²) in [6, 6.07) is 12.2. The molecule has 23 heavy (non-hydrogen) atoms. The zero-order valence-corrected chi connectivity index (χ0v) is 11.9. The highest BCUT2D eigenvalue weighted by Gasteiger charge is 2.18. The average molecular weight is 318 g/mol. The summed E-state index contributed by atoms with van der Waals surface area (Å²) in [7, 11) is 0. The number of hydrogen-bond donors (Lipinski definition) is 3. The summed E-state index contributed by atoms with van der Waals surface area (Å²) in [5.74, 6) is -2.19. The molecule has 7 heteroatoms. The third kappa shape index (κ3) is 4.45. The molecule has 2 aromatic rings. The summed E-state index contributed by atoms with van der Waals surface area (Å²) in [6.45, 7) is -0.174. The van der Waals surface area contributed by atoms with E-state index in [1.807, 2.05) is 6.07 Å². The third-order valence-electron chi connectivity index (χ3n) is 2.86. The number of aliphatic hydroxyl groups excluding tert-OH is 1. The van der Waals surface area contributed by atoms with E-state index in [4.69, 9.17) is 19.7 Å². The molecule has 1 atom stereocenters. The lowest BCUT2D eigenvalue weighted by Gasteiger charge is -2.15. The Morgan fingerprint density at radius 3 is 2.17 bits per heavy atom. The van der Waals surface area contributed by atoms with Gasteiger partial charge in [0, 0.05) is 0 Å². The second-order valence-corrected chi connectivity index (χ2v) is 4.51. The number of para-hydroxylation sites is 1. The summed E-state index contributed by atoms with van der Waals surface area (Å²) in [4.78, 5) is 22.0. The van der Waals surface area contributed by atoms with Gasteiger partial charge >= 0.3 is 11.9 Å². The van der Waals surface area contributed by atoms with Crippen molar-refractivity contribution in [1.82, 2.24) is 0 Å². The predicted molar refractivity (Wildman–Crippen MR) is 78.9 cm³/mol. The molecule has 0 heterocycles. The molecule has 0 aliphatic heterocycles. The minimum atomic E-state index is -1.40. The van der Waals surface area contributed by atoms with E-state index in [1.54, 1.807) is 24.3 Å². The fraction of sp³-hybridized carbons (Fsp3) is 0.125. The topological polar surface area (TPSA) is 113 Å². The zero-order valence-electron chi connectivity index (χ0n) is 11.9. The summed E-state index contributed by atoms with van der Waals surface area (Å²) in [6.07, 6.45) is -1.34. The molecular weight excluding hydrogens is 304 g/mol. The molecule has 7 nitrogen and oxygen atoms in total. The molecule has 0 saturated heterocycles. The molecule has 0 saturated carbocycles. The Kier molecular flexibility index (Phi) is 5.16. The Labute approximate surface area is 131 Å². The third-order valence-corrected chi connectivity index (χ3v) is 2.86. The lowest BCUT2D eigenvalue weighted by Crippen LogP contribution is -2.24. The summed E-state index contributed by atoms with van der Waals surface area (Å²) < 4.78 is 10.4. The van der Waals surface area contributed by atoms with Crippen LogP contribution >= 0.6 is 0 Å². The van der Waals surface area contributed by atoms with Gasteiger partial charge in [-0.05, 0) is 30.3 Å². The van der Waals surface area contributed by atoms with Gasteiger partial charge in [0.1, 0.15) is 11.5 Å². The van der Waals surface area contributed by atoms with Crippen molar-refractivity contribution in [2.24, 2.45) is 0 Å². The van der Waals surface area contributed by atoms with Crippen LogP contribution in [0.15, 0.2) is 48.5 Å². The fourth-order valence-corrected chi connectivity index (χ4v) is 1.84. The van der Waals surface area contributed by atoms with Gasteiger partial charge < -0.3 is 24.8 Å². The maximum atomic E-state index is 11.1. The zero-order chi connectivity index (χ0) is 16.8. The van der Waals surface area contributed by atoms with Crippen molar-refractivity contribution in [3.05, 3.63) is 59.7 Å². The minimum Gasteiger partial charge on any atom is -0.487 e. The number of hydrogen-bond acceptors (Lipinski definition) is 5. The molecule has 0 aromatic heterocycles. The van der Waals surface area contributed by atoms with Crippen LogP contribution in [0.3, 0.4) is 0 Å². The van der Waals surface area contributed by atoms with Crippen LogP contribution in [0.2, 0.25) is 0 Å². The Hall–Kier alpha value is -3.06. The van der Waals surface area contributed by atoms with Crippen LogP contribution < -0.4 is 9.47 Å². The van der Waals surface area contributed by atoms with E-state index in [1.165, 1.54) is 6.07 Å². The van der Waals surface area contributed by atoms with Gasteiger partial charge in [-0.3, -0.25) is 0 Å². The Morgan fingerprint density at radius 1 is 0.913 bits per heavy atom. The maximum absolute atomic E-state index is 11.1. The Bertz CT molecular complexity index is 697. The van der Waals surface area contributed by atoms with Gasteiger partial charge in [0.05, 0.1) is 11.1 Å². The van der Waals surface area contributed by atoms with Gasteiger partial charge in [0.25, 0.3) is 0 Å². The summed E-state index contributed by atoms with van der Waals surface area (Å²) in [5.41, 5.74) is -0.786. The van der Waals surface area contributed by atoms with Crippen LogP contribution in [0.5, 0.6) is 11.5 Å². The molecule has 0 aliphatic carbocycles. The molecule has 3 N–H and O–H groups in total. The molecule has 0 fully saturated rings. The lowest BCUT2D eigenvalue weighted by atomic mass is 10.1. The Balaban J connectivity index is 2.03. The first-order valence-corrected chi connectivity index (χ1v) is 6.60. The minimum absolute atomic E-state index is 0.0246. The van der Waals surface area contributed by atoms with Crippen molar-refractivity contribution in [2.45, 2.75) is 6.29 Å². The summed E-state index contributed by atoms with van der Waals surface area (Å²) >= 11 is 0. The number of aromatic carboxylic acids is 2. The van der Waals surface area contributed by atoms with E-state index in [0.29, 0.717) is 5.75 Å². The van der Waals surface area contributed by atoms with Gasteiger partial charge in [0.15, 0.2) is 6.61 Å².